The zero-order chi connectivity index (χ0) is 19.4. The molecule has 1 atom stereocenters. The fourth-order valence-electron chi connectivity index (χ4n) is 3.04. The fourth-order valence-corrected chi connectivity index (χ4v) is 3.04. The molecule has 26 heavy (non-hydrogen) atoms. The minimum absolute atomic E-state index is 0.140. The van der Waals surface area contributed by atoms with Crippen LogP contribution < -0.4 is 16.4 Å². The molecule has 0 bridgehead atoms. The van der Waals surface area contributed by atoms with E-state index in [2.05, 4.69) is 10.6 Å². The van der Waals surface area contributed by atoms with Crippen LogP contribution in [0.4, 0.5) is 18.0 Å². The second-order valence-corrected chi connectivity index (χ2v) is 6.42. The van der Waals surface area contributed by atoms with Gasteiger partial charge in [-0.3, -0.25) is 4.79 Å². The van der Waals surface area contributed by atoms with Gasteiger partial charge in [-0.1, -0.05) is 18.2 Å². The van der Waals surface area contributed by atoms with Crippen LogP contribution in [0, 0.1) is 0 Å². The van der Waals surface area contributed by atoms with Gasteiger partial charge in [-0.2, -0.15) is 13.2 Å². The van der Waals surface area contributed by atoms with Crippen molar-refractivity contribution in [1.82, 2.24) is 10.6 Å². The molecule has 1 fully saturated rings. The van der Waals surface area contributed by atoms with Crippen LogP contribution in [-0.2, 0) is 21.1 Å². The van der Waals surface area contributed by atoms with E-state index < -0.39 is 35.1 Å². The summed E-state index contributed by atoms with van der Waals surface area (Å²) in [6.45, 7) is 2.39. The maximum Gasteiger partial charge on any atom is 0.416 e. The van der Waals surface area contributed by atoms with Crippen LogP contribution in [0.15, 0.2) is 24.3 Å². The van der Waals surface area contributed by atoms with E-state index in [9.17, 15) is 22.8 Å². The number of nitrogens with two attached hydrogens (primary N) is 1. The smallest absolute Gasteiger partial charge is 0.381 e. The van der Waals surface area contributed by atoms with Gasteiger partial charge in [0.15, 0.2) is 0 Å². The molecule has 1 saturated heterocycles. The Bertz CT molecular complexity index is 658. The zero-order valence-electron chi connectivity index (χ0n) is 14.4. The Kier molecular flexibility index (Phi) is 6.12. The molecule has 2 rings (SSSR count). The second kappa shape index (κ2) is 7.94. The van der Waals surface area contributed by atoms with Gasteiger partial charge in [0.2, 0.25) is 5.91 Å². The number of nitrogens with one attached hydrogen (secondary N) is 2. The molecule has 1 aromatic carbocycles. The SMILES string of the molecule is C[C@@H](NC(N)=O)C(=O)NCC1(c2cccc(C(F)(F)F)c2)CCOCC1. The topological polar surface area (TPSA) is 93.5 Å². The number of ether oxygens (including phenoxy) is 1. The number of carbonyl (C=O) groups is 2. The van der Waals surface area contributed by atoms with Crippen LogP contribution in [0.25, 0.3) is 0 Å². The molecule has 3 amide bonds. The van der Waals surface area contributed by atoms with Gasteiger partial charge in [0.1, 0.15) is 6.04 Å². The predicted octanol–water partition coefficient (Wildman–Crippen LogP) is 1.93. The number of halogens is 3. The first kappa shape index (κ1) is 20.0. The molecule has 9 heteroatoms. The first-order chi connectivity index (χ1) is 12.1. The molecule has 6 nitrogen and oxygen atoms in total. The van der Waals surface area contributed by atoms with E-state index >= 15 is 0 Å². The van der Waals surface area contributed by atoms with Crippen molar-refractivity contribution in [2.45, 2.75) is 37.4 Å². The highest BCUT2D eigenvalue weighted by Gasteiger charge is 2.38. The molecule has 0 spiro atoms. The second-order valence-electron chi connectivity index (χ2n) is 6.42. The molecule has 0 aliphatic carbocycles. The Balaban J connectivity index is 2.21. The summed E-state index contributed by atoms with van der Waals surface area (Å²) in [4.78, 5) is 23.0. The van der Waals surface area contributed by atoms with E-state index in [0.29, 0.717) is 31.6 Å². The summed E-state index contributed by atoms with van der Waals surface area (Å²) in [5, 5.41) is 4.97. The van der Waals surface area contributed by atoms with Crippen LogP contribution in [-0.4, -0.2) is 37.7 Å². The number of urea groups is 1. The Morgan fingerprint density at radius 1 is 1.31 bits per heavy atom. The van der Waals surface area contributed by atoms with Crippen LogP contribution in [0.1, 0.15) is 30.9 Å². The van der Waals surface area contributed by atoms with E-state index in [-0.39, 0.29) is 6.54 Å². The first-order valence-corrected chi connectivity index (χ1v) is 8.23. The van der Waals surface area contributed by atoms with E-state index in [1.807, 2.05) is 0 Å². The number of alkyl halides is 3. The highest BCUT2D eigenvalue weighted by Crippen LogP contribution is 2.37. The van der Waals surface area contributed by atoms with Crippen molar-refractivity contribution in [3.05, 3.63) is 35.4 Å². The van der Waals surface area contributed by atoms with Gasteiger partial charge in [-0.05, 0) is 31.4 Å². The fraction of sp³-hybridized carbons (Fsp3) is 0.529. The summed E-state index contributed by atoms with van der Waals surface area (Å²) in [6, 6.07) is 3.49. The van der Waals surface area contributed by atoms with E-state index in [1.165, 1.54) is 13.0 Å². The van der Waals surface area contributed by atoms with Gasteiger partial charge in [0.05, 0.1) is 5.56 Å². The summed E-state index contributed by atoms with van der Waals surface area (Å²) in [7, 11) is 0. The highest BCUT2D eigenvalue weighted by molar-refractivity contribution is 5.86. The van der Waals surface area contributed by atoms with Gasteiger partial charge < -0.3 is 21.1 Å². The largest absolute Gasteiger partial charge is 0.416 e. The van der Waals surface area contributed by atoms with Gasteiger partial charge in [0.25, 0.3) is 0 Å². The quantitative estimate of drug-likeness (QED) is 0.736. The molecule has 144 valence electrons. The standard InChI is InChI=1S/C17H22F3N3O3/c1-11(23-15(21)25)14(24)22-10-16(5-7-26-8-6-16)12-3-2-4-13(9-12)17(18,19)20/h2-4,9,11H,5-8,10H2,1H3,(H,22,24)(H3,21,23,25)/t11-/m1/s1. The molecule has 0 saturated carbocycles. The Morgan fingerprint density at radius 3 is 2.54 bits per heavy atom. The molecule has 4 N–H and O–H groups in total. The summed E-state index contributed by atoms with van der Waals surface area (Å²) >= 11 is 0. The van der Waals surface area contributed by atoms with Crippen LogP contribution >= 0.6 is 0 Å². The normalized spacial score (nSPS) is 18.0. The number of rotatable bonds is 5. The predicted molar refractivity (Wildman–Crippen MR) is 88.4 cm³/mol. The third-order valence-corrected chi connectivity index (χ3v) is 4.61. The van der Waals surface area contributed by atoms with Gasteiger partial charge in [0, 0.05) is 25.2 Å². The molecule has 0 radical (unpaired) electrons. The monoisotopic (exact) mass is 373 g/mol. The van der Waals surface area contributed by atoms with E-state index in [1.54, 1.807) is 6.07 Å². The molecule has 0 unspecified atom stereocenters. The van der Waals surface area contributed by atoms with Crippen molar-refractivity contribution in [3.63, 3.8) is 0 Å². The van der Waals surface area contributed by atoms with Gasteiger partial charge in [-0.15, -0.1) is 0 Å². The molecule has 1 aliphatic rings. The first-order valence-electron chi connectivity index (χ1n) is 8.23. The zero-order valence-corrected chi connectivity index (χ0v) is 14.4. The summed E-state index contributed by atoms with van der Waals surface area (Å²) in [5.74, 6) is -0.457. The molecule has 1 aromatic rings. The minimum Gasteiger partial charge on any atom is -0.381 e. The van der Waals surface area contributed by atoms with Crippen LogP contribution in [0.5, 0.6) is 0 Å². The number of benzene rings is 1. The van der Waals surface area contributed by atoms with Gasteiger partial charge in [-0.25, -0.2) is 4.79 Å². The molecular formula is C17H22F3N3O3. The summed E-state index contributed by atoms with van der Waals surface area (Å²) in [6.07, 6.45) is -3.48. The lowest BCUT2D eigenvalue weighted by Crippen LogP contribution is -2.51. The van der Waals surface area contributed by atoms with Crippen molar-refractivity contribution < 1.29 is 27.5 Å². The van der Waals surface area contributed by atoms with Gasteiger partial charge >= 0.3 is 12.2 Å². The van der Waals surface area contributed by atoms with Crippen LogP contribution in [0.3, 0.4) is 0 Å². The van der Waals surface area contributed by atoms with Crippen molar-refractivity contribution >= 4 is 11.9 Å². The molecule has 1 aliphatic heterocycles. The van der Waals surface area contributed by atoms with Crippen molar-refractivity contribution in [2.75, 3.05) is 19.8 Å². The third kappa shape index (κ3) is 4.87. The lowest BCUT2D eigenvalue weighted by atomic mass is 9.73. The molecular weight excluding hydrogens is 351 g/mol. The van der Waals surface area contributed by atoms with E-state index in [4.69, 9.17) is 10.5 Å². The average Bonchev–Trinajstić information content (AvgIpc) is 2.59. The lowest BCUT2D eigenvalue weighted by Gasteiger charge is -2.38. The lowest BCUT2D eigenvalue weighted by molar-refractivity contribution is -0.137. The Labute approximate surface area is 149 Å². The number of amides is 3. The van der Waals surface area contributed by atoms with Crippen molar-refractivity contribution in [2.24, 2.45) is 5.73 Å². The molecule has 1 heterocycles. The van der Waals surface area contributed by atoms with Crippen molar-refractivity contribution in [1.29, 1.82) is 0 Å². The minimum atomic E-state index is -4.44. The highest BCUT2D eigenvalue weighted by atomic mass is 19.4. The summed E-state index contributed by atoms with van der Waals surface area (Å²) < 4.78 is 44.5. The number of primary amides is 1. The number of hydrogen-bond acceptors (Lipinski definition) is 3. The average molecular weight is 373 g/mol. The maximum atomic E-state index is 13.1. The Hall–Kier alpha value is -2.29. The summed E-state index contributed by atoms with van der Waals surface area (Å²) in [5.41, 5.74) is 4.11. The maximum absolute atomic E-state index is 13.1. The Morgan fingerprint density at radius 2 is 1.96 bits per heavy atom. The molecule has 0 aromatic heterocycles. The van der Waals surface area contributed by atoms with Crippen molar-refractivity contribution in [3.8, 4) is 0 Å². The third-order valence-electron chi connectivity index (χ3n) is 4.61. The van der Waals surface area contributed by atoms with E-state index in [0.717, 1.165) is 12.1 Å². The number of hydrogen-bond donors (Lipinski definition) is 3. The number of carbonyl (C=O) groups excluding carboxylic acids is 2. The van der Waals surface area contributed by atoms with Crippen LogP contribution in [0.2, 0.25) is 0 Å².